The van der Waals surface area contributed by atoms with E-state index in [0.29, 0.717) is 5.82 Å². The van der Waals surface area contributed by atoms with E-state index in [2.05, 4.69) is 54.1 Å². The van der Waals surface area contributed by atoms with E-state index in [9.17, 15) is 0 Å². The van der Waals surface area contributed by atoms with Crippen LogP contribution < -0.4 is 5.73 Å². The lowest BCUT2D eigenvalue weighted by Crippen LogP contribution is -1.91. The number of benzene rings is 2. The van der Waals surface area contributed by atoms with E-state index in [1.807, 2.05) is 6.20 Å². The third kappa shape index (κ3) is 1.57. The van der Waals surface area contributed by atoms with Gasteiger partial charge in [-0.25, -0.2) is 4.98 Å². The molecule has 0 radical (unpaired) electrons. The Balaban J connectivity index is 2.27. The molecule has 0 spiro atoms. The lowest BCUT2D eigenvalue weighted by atomic mass is 10.00. The highest BCUT2D eigenvalue weighted by molar-refractivity contribution is 6.20. The zero-order chi connectivity index (χ0) is 14.6. The number of rotatable bonds is 1. The molecule has 2 aromatic heterocycles. The summed E-state index contributed by atoms with van der Waals surface area (Å²) < 4.78 is 0. The number of pyridine rings is 1. The molecule has 0 aliphatic rings. The second-order valence-electron chi connectivity index (χ2n) is 5.56. The fourth-order valence-electron chi connectivity index (χ4n) is 3.25. The van der Waals surface area contributed by atoms with Gasteiger partial charge in [0.1, 0.15) is 5.82 Å². The molecule has 21 heavy (non-hydrogen) atoms. The zero-order valence-corrected chi connectivity index (χ0v) is 12.2. The Morgan fingerprint density at radius 1 is 1.05 bits per heavy atom. The quantitative estimate of drug-likeness (QED) is 0.543. The molecule has 0 saturated carbocycles. The van der Waals surface area contributed by atoms with E-state index in [1.54, 1.807) is 0 Å². The number of aryl methyl sites for hydroxylation is 2. The molecule has 104 valence electrons. The van der Waals surface area contributed by atoms with Crippen molar-refractivity contribution >= 4 is 38.4 Å². The van der Waals surface area contributed by atoms with E-state index >= 15 is 0 Å². The predicted molar refractivity (Wildman–Crippen MR) is 89.6 cm³/mol. The number of aromatic amines is 1. The third-order valence-corrected chi connectivity index (χ3v) is 4.35. The number of aromatic nitrogens is 2. The molecular weight excluding hydrogens is 258 g/mol. The van der Waals surface area contributed by atoms with Crippen molar-refractivity contribution in [2.45, 2.75) is 20.3 Å². The van der Waals surface area contributed by atoms with Gasteiger partial charge >= 0.3 is 0 Å². The summed E-state index contributed by atoms with van der Waals surface area (Å²) in [4.78, 5) is 7.86. The lowest BCUT2D eigenvalue weighted by molar-refractivity contribution is 1.16. The van der Waals surface area contributed by atoms with Gasteiger partial charge in [0.2, 0.25) is 0 Å². The van der Waals surface area contributed by atoms with Gasteiger partial charge < -0.3 is 10.7 Å². The molecule has 0 atom stereocenters. The van der Waals surface area contributed by atoms with Crippen LogP contribution in [0.5, 0.6) is 0 Å². The highest BCUT2D eigenvalue weighted by atomic mass is 14.8. The van der Waals surface area contributed by atoms with Crippen LogP contribution in [-0.2, 0) is 6.42 Å². The Bertz CT molecular complexity index is 996. The van der Waals surface area contributed by atoms with Crippen LogP contribution in [0.2, 0.25) is 0 Å². The van der Waals surface area contributed by atoms with E-state index in [-0.39, 0.29) is 0 Å². The Kier molecular flexibility index (Phi) is 2.45. The van der Waals surface area contributed by atoms with Crippen molar-refractivity contribution < 1.29 is 0 Å². The van der Waals surface area contributed by atoms with Gasteiger partial charge in [-0.1, -0.05) is 37.3 Å². The smallest absolute Gasteiger partial charge is 0.133 e. The number of nitrogens with two attached hydrogens (primary N) is 1. The lowest BCUT2D eigenvalue weighted by Gasteiger charge is -2.05. The molecule has 0 amide bonds. The van der Waals surface area contributed by atoms with Gasteiger partial charge in [0.15, 0.2) is 0 Å². The molecule has 0 aliphatic carbocycles. The third-order valence-electron chi connectivity index (χ3n) is 4.35. The maximum atomic E-state index is 6.10. The van der Waals surface area contributed by atoms with E-state index in [0.717, 1.165) is 33.8 Å². The fourth-order valence-corrected chi connectivity index (χ4v) is 3.25. The van der Waals surface area contributed by atoms with Gasteiger partial charge in [-0.15, -0.1) is 0 Å². The van der Waals surface area contributed by atoms with Crippen molar-refractivity contribution in [3.05, 3.63) is 47.7 Å². The summed E-state index contributed by atoms with van der Waals surface area (Å²) in [6.45, 7) is 4.25. The zero-order valence-electron chi connectivity index (χ0n) is 12.2. The Hall–Kier alpha value is -2.55. The van der Waals surface area contributed by atoms with Gasteiger partial charge in [0.25, 0.3) is 0 Å². The maximum Gasteiger partial charge on any atom is 0.133 e. The van der Waals surface area contributed by atoms with Crippen LogP contribution in [0.15, 0.2) is 36.5 Å². The van der Waals surface area contributed by atoms with Crippen LogP contribution in [-0.4, -0.2) is 9.97 Å². The second kappa shape index (κ2) is 4.22. The van der Waals surface area contributed by atoms with Crippen molar-refractivity contribution in [2.75, 3.05) is 5.73 Å². The summed E-state index contributed by atoms with van der Waals surface area (Å²) in [5.74, 6) is 0.591. The van der Waals surface area contributed by atoms with Crippen molar-refractivity contribution in [1.29, 1.82) is 0 Å². The minimum Gasteiger partial charge on any atom is -0.383 e. The molecule has 0 aliphatic heterocycles. The molecule has 4 rings (SSSR count). The molecule has 3 nitrogen and oxygen atoms in total. The Morgan fingerprint density at radius 3 is 2.67 bits per heavy atom. The topological polar surface area (TPSA) is 54.7 Å². The first-order valence-corrected chi connectivity index (χ1v) is 7.27. The first kappa shape index (κ1) is 12.2. The number of nitrogen functional groups attached to an aromatic ring is 1. The van der Waals surface area contributed by atoms with Crippen LogP contribution in [0.3, 0.4) is 0 Å². The number of H-pyrrole nitrogens is 1. The van der Waals surface area contributed by atoms with Gasteiger partial charge in [-0.3, -0.25) is 0 Å². The Morgan fingerprint density at radius 2 is 1.86 bits per heavy atom. The highest BCUT2D eigenvalue weighted by Gasteiger charge is 2.13. The molecule has 0 fully saturated rings. The molecule has 4 aromatic rings. The molecule has 3 N–H and O–H groups in total. The van der Waals surface area contributed by atoms with Crippen LogP contribution in [0.25, 0.3) is 32.6 Å². The monoisotopic (exact) mass is 275 g/mol. The number of anilines is 1. The summed E-state index contributed by atoms with van der Waals surface area (Å²) in [5.41, 5.74) is 10.8. The van der Waals surface area contributed by atoms with Gasteiger partial charge in [0.05, 0.1) is 11.0 Å². The number of nitrogens with zero attached hydrogens (tertiary/aromatic N) is 1. The van der Waals surface area contributed by atoms with E-state index < -0.39 is 0 Å². The van der Waals surface area contributed by atoms with Crippen LogP contribution in [0, 0.1) is 6.92 Å². The van der Waals surface area contributed by atoms with Gasteiger partial charge in [-0.05, 0) is 29.9 Å². The highest BCUT2D eigenvalue weighted by Crippen LogP contribution is 2.35. The largest absolute Gasteiger partial charge is 0.383 e. The molecule has 2 heterocycles. The van der Waals surface area contributed by atoms with E-state index in [4.69, 9.17) is 5.73 Å². The molecule has 0 unspecified atom stereocenters. The molecule has 3 heteroatoms. The van der Waals surface area contributed by atoms with Crippen molar-refractivity contribution in [3.8, 4) is 0 Å². The van der Waals surface area contributed by atoms with Crippen molar-refractivity contribution in [1.82, 2.24) is 9.97 Å². The van der Waals surface area contributed by atoms with E-state index in [1.165, 1.54) is 16.3 Å². The maximum absolute atomic E-state index is 6.10. The van der Waals surface area contributed by atoms with Gasteiger partial charge in [0, 0.05) is 22.4 Å². The normalized spacial score (nSPS) is 11.7. The average molecular weight is 275 g/mol. The van der Waals surface area contributed by atoms with Crippen LogP contribution in [0.1, 0.15) is 18.1 Å². The fraction of sp³-hybridized carbons (Fsp3) is 0.167. The summed E-state index contributed by atoms with van der Waals surface area (Å²) in [5, 5.41) is 4.75. The Labute approximate surface area is 122 Å². The van der Waals surface area contributed by atoms with Crippen LogP contribution in [0.4, 0.5) is 5.82 Å². The van der Waals surface area contributed by atoms with Crippen LogP contribution >= 0.6 is 0 Å². The first-order valence-electron chi connectivity index (χ1n) is 7.27. The van der Waals surface area contributed by atoms with Gasteiger partial charge in [-0.2, -0.15) is 0 Å². The SMILES string of the molecule is CCc1cccc2c1ccc1c2[nH]c2c(C)cnc(N)c21. The minimum atomic E-state index is 0.591. The predicted octanol–water partition coefficient (Wildman–Crippen LogP) is 4.32. The summed E-state index contributed by atoms with van der Waals surface area (Å²) >= 11 is 0. The van der Waals surface area contributed by atoms with Crippen molar-refractivity contribution in [2.24, 2.45) is 0 Å². The molecule has 0 saturated heterocycles. The average Bonchev–Trinajstić information content (AvgIpc) is 2.91. The summed E-state index contributed by atoms with van der Waals surface area (Å²) in [6, 6.07) is 10.8. The second-order valence-corrected chi connectivity index (χ2v) is 5.56. The number of fused-ring (bicyclic) bond motifs is 5. The van der Waals surface area contributed by atoms with Crippen molar-refractivity contribution in [3.63, 3.8) is 0 Å². The minimum absolute atomic E-state index is 0.591. The summed E-state index contributed by atoms with van der Waals surface area (Å²) in [7, 11) is 0. The number of nitrogens with one attached hydrogen (secondary N) is 1. The number of hydrogen-bond acceptors (Lipinski definition) is 2. The number of hydrogen-bond donors (Lipinski definition) is 2. The summed E-state index contributed by atoms with van der Waals surface area (Å²) in [6.07, 6.45) is 2.86. The standard InChI is InChI=1S/C18H17N3/c1-3-11-5-4-6-13-12(11)7-8-14-15-16(21-17(13)14)10(2)9-20-18(15)19/h4-9,21H,3H2,1-2H3,(H2,19,20). The molecule has 2 aromatic carbocycles. The molecule has 0 bridgehead atoms. The first-order chi connectivity index (χ1) is 10.2. The molecular formula is C18H17N3.